The van der Waals surface area contributed by atoms with E-state index in [1.165, 1.54) is 6.07 Å². The highest BCUT2D eigenvalue weighted by atomic mass is 19.4. The minimum absolute atomic E-state index is 0.0651. The molecular formula is C42H48F3N9O5. The third kappa shape index (κ3) is 8.62. The molecule has 0 aliphatic carbocycles. The van der Waals surface area contributed by atoms with Gasteiger partial charge in [-0.05, 0) is 94.5 Å². The molecule has 4 aromatic rings. The van der Waals surface area contributed by atoms with Crippen molar-refractivity contribution in [1.29, 1.82) is 0 Å². The van der Waals surface area contributed by atoms with Gasteiger partial charge in [0.05, 0.1) is 23.1 Å². The molecule has 8 rings (SSSR count). The predicted octanol–water partition coefficient (Wildman–Crippen LogP) is 5.53. The number of likely N-dealkylation sites (tertiary alicyclic amines) is 2. The first kappa shape index (κ1) is 40.2. The first-order chi connectivity index (χ1) is 28.1. The third-order valence-corrected chi connectivity index (χ3v) is 12.1. The van der Waals surface area contributed by atoms with Crippen molar-refractivity contribution in [3.63, 3.8) is 0 Å². The van der Waals surface area contributed by atoms with E-state index < -0.39 is 35.1 Å². The lowest BCUT2D eigenvalue weighted by Gasteiger charge is -2.42. The Morgan fingerprint density at radius 3 is 2.24 bits per heavy atom. The molecule has 4 aliphatic rings. The summed E-state index contributed by atoms with van der Waals surface area (Å²) in [6, 6.07) is 14.3. The number of halogens is 3. The first-order valence-electron chi connectivity index (χ1n) is 20.2. The highest BCUT2D eigenvalue weighted by Gasteiger charge is 2.36. The summed E-state index contributed by atoms with van der Waals surface area (Å²) in [5, 5.41) is 21.6. The molecule has 4 fully saturated rings. The summed E-state index contributed by atoms with van der Waals surface area (Å²) in [6.07, 6.45) is 1.85. The molecule has 312 valence electrons. The van der Waals surface area contributed by atoms with Gasteiger partial charge in [0, 0.05) is 92.5 Å². The van der Waals surface area contributed by atoms with Crippen molar-refractivity contribution < 1.29 is 37.5 Å². The summed E-state index contributed by atoms with van der Waals surface area (Å²) >= 11 is 0. The zero-order valence-electron chi connectivity index (χ0n) is 33.0. The number of aliphatic hydroxyl groups is 1. The molecule has 0 unspecified atom stereocenters. The molecule has 0 radical (unpaired) electrons. The van der Waals surface area contributed by atoms with E-state index in [-0.39, 0.29) is 35.9 Å². The number of aromatic nitrogens is 3. The van der Waals surface area contributed by atoms with Crippen LogP contribution in [0.5, 0.6) is 0 Å². The van der Waals surface area contributed by atoms with Crippen molar-refractivity contribution in [3.05, 3.63) is 77.7 Å². The number of rotatable bonds is 8. The van der Waals surface area contributed by atoms with Crippen molar-refractivity contribution in [3.8, 4) is 0 Å². The highest BCUT2D eigenvalue weighted by Crippen LogP contribution is 2.35. The van der Waals surface area contributed by atoms with Crippen molar-refractivity contribution in [2.45, 2.75) is 76.2 Å². The van der Waals surface area contributed by atoms with Gasteiger partial charge in [0.2, 0.25) is 11.8 Å². The van der Waals surface area contributed by atoms with Crippen molar-refractivity contribution in [2.75, 3.05) is 60.9 Å². The number of hydrogen-bond acceptors (Lipinski definition) is 9. The second-order valence-electron chi connectivity index (χ2n) is 16.5. The fraction of sp³-hybridized carbons (Fsp3) is 0.476. The van der Waals surface area contributed by atoms with Crippen LogP contribution in [0.15, 0.2) is 60.8 Å². The Labute approximate surface area is 339 Å². The minimum Gasteiger partial charge on any atom is -0.386 e. The summed E-state index contributed by atoms with van der Waals surface area (Å²) in [5.41, 5.74) is 0.0430. The van der Waals surface area contributed by atoms with E-state index >= 15 is 0 Å². The summed E-state index contributed by atoms with van der Waals surface area (Å²) in [6.45, 7) is 8.14. The molecule has 0 bridgehead atoms. The van der Waals surface area contributed by atoms with Gasteiger partial charge in [0.25, 0.3) is 5.91 Å². The van der Waals surface area contributed by atoms with Gasteiger partial charge >= 0.3 is 12.2 Å². The Bertz CT molecular complexity index is 2240. The molecular weight excluding hydrogens is 768 g/mol. The van der Waals surface area contributed by atoms with Crippen LogP contribution in [0.2, 0.25) is 0 Å². The number of alkyl halides is 3. The molecule has 4 saturated heterocycles. The van der Waals surface area contributed by atoms with E-state index in [0.29, 0.717) is 30.2 Å². The number of pyridine rings is 1. The van der Waals surface area contributed by atoms with Crippen LogP contribution in [0.1, 0.15) is 80.2 Å². The fourth-order valence-corrected chi connectivity index (χ4v) is 8.87. The number of carbonyl (C=O) groups is 4. The van der Waals surface area contributed by atoms with Crippen molar-refractivity contribution >= 4 is 51.7 Å². The number of anilines is 3. The quantitative estimate of drug-likeness (QED) is 0.208. The molecule has 2 aromatic carbocycles. The number of imide groups is 1. The molecule has 59 heavy (non-hydrogen) atoms. The van der Waals surface area contributed by atoms with Gasteiger partial charge in [0.1, 0.15) is 11.4 Å². The molecule has 14 nitrogen and oxygen atoms in total. The number of carbonyl (C=O) groups excluding carboxylic acids is 4. The Morgan fingerprint density at radius 1 is 0.864 bits per heavy atom. The van der Waals surface area contributed by atoms with E-state index in [2.05, 4.69) is 25.4 Å². The maximum atomic E-state index is 13.6. The van der Waals surface area contributed by atoms with Gasteiger partial charge in [-0.1, -0.05) is 6.07 Å². The summed E-state index contributed by atoms with van der Waals surface area (Å²) < 4.78 is 41.7. The lowest BCUT2D eigenvalue weighted by Crippen LogP contribution is -2.50. The lowest BCUT2D eigenvalue weighted by atomic mass is 9.95. The Hall–Kier alpha value is -5.55. The van der Waals surface area contributed by atoms with Crippen LogP contribution in [0.25, 0.3) is 10.9 Å². The standard InChI is InChI=1S/C42H48F3N9O5/c1-41(2,59)32-23-34-27(22-35(32)47-38(56)33-4-3-5-36(46-33)42(43,44)45)25-54(49-34)31-13-17-50(18-14-31)29-11-19-51(20-12-29)39(57)26-10-16-52(24-26)28-6-8-30(9-7-28)53-21-15-37(55)48-40(53)58/h3-9,22-23,25-26,29,31,59H,10-21,24H2,1-2H3,(H,47,56)(H,48,55,58)/t26-/m1/s1. The van der Waals surface area contributed by atoms with Gasteiger partial charge < -0.3 is 25.1 Å². The maximum Gasteiger partial charge on any atom is 0.433 e. The lowest BCUT2D eigenvalue weighted by molar-refractivity contribution is -0.141. The smallest absolute Gasteiger partial charge is 0.386 e. The van der Waals surface area contributed by atoms with Gasteiger partial charge in [-0.25, -0.2) is 9.78 Å². The number of urea groups is 1. The van der Waals surface area contributed by atoms with E-state index in [0.717, 1.165) is 93.7 Å². The van der Waals surface area contributed by atoms with Crippen molar-refractivity contribution in [1.82, 2.24) is 29.9 Å². The average molecular weight is 816 g/mol. The van der Waals surface area contributed by atoms with Crippen LogP contribution in [-0.4, -0.2) is 105 Å². The van der Waals surface area contributed by atoms with Gasteiger partial charge in [-0.3, -0.25) is 29.3 Å². The van der Waals surface area contributed by atoms with Crippen LogP contribution in [0, 0.1) is 5.92 Å². The summed E-state index contributed by atoms with van der Waals surface area (Å²) in [7, 11) is 0. The minimum atomic E-state index is -4.70. The number of piperidine rings is 2. The van der Waals surface area contributed by atoms with Crippen LogP contribution in [-0.2, 0) is 21.4 Å². The van der Waals surface area contributed by atoms with Gasteiger partial charge in [0.15, 0.2) is 0 Å². The fourth-order valence-electron chi connectivity index (χ4n) is 8.87. The monoisotopic (exact) mass is 815 g/mol. The number of nitrogens with zero attached hydrogens (tertiary/aromatic N) is 7. The highest BCUT2D eigenvalue weighted by molar-refractivity contribution is 6.06. The second-order valence-corrected chi connectivity index (χ2v) is 16.5. The van der Waals surface area contributed by atoms with Gasteiger partial charge in [-0.15, -0.1) is 0 Å². The second kappa shape index (κ2) is 15.9. The third-order valence-electron chi connectivity index (χ3n) is 12.1. The molecule has 2 aromatic heterocycles. The van der Waals surface area contributed by atoms with E-state index in [9.17, 15) is 37.5 Å². The predicted molar refractivity (Wildman–Crippen MR) is 214 cm³/mol. The topological polar surface area (TPSA) is 156 Å². The molecule has 1 atom stereocenters. The number of nitrogens with one attached hydrogen (secondary N) is 2. The van der Waals surface area contributed by atoms with Crippen LogP contribution < -0.4 is 20.4 Å². The molecule has 3 N–H and O–H groups in total. The zero-order valence-corrected chi connectivity index (χ0v) is 33.0. The summed E-state index contributed by atoms with van der Waals surface area (Å²) in [4.78, 5) is 62.3. The van der Waals surface area contributed by atoms with Crippen LogP contribution >= 0.6 is 0 Å². The molecule has 0 spiro atoms. The molecule has 5 amide bonds. The van der Waals surface area contributed by atoms with E-state index in [1.54, 1.807) is 30.9 Å². The first-order valence-corrected chi connectivity index (χ1v) is 20.2. The summed E-state index contributed by atoms with van der Waals surface area (Å²) in [5.74, 6) is -0.945. The van der Waals surface area contributed by atoms with E-state index in [1.807, 2.05) is 40.0 Å². The van der Waals surface area contributed by atoms with E-state index in [4.69, 9.17) is 5.10 Å². The number of benzene rings is 2. The average Bonchev–Trinajstić information content (AvgIpc) is 3.88. The number of amides is 5. The molecule has 17 heteroatoms. The molecule has 0 saturated carbocycles. The van der Waals surface area contributed by atoms with Crippen LogP contribution in [0.3, 0.4) is 0 Å². The normalized spacial score (nSPS) is 20.4. The number of hydrogen-bond donors (Lipinski definition) is 3. The van der Waals surface area contributed by atoms with Gasteiger partial charge in [-0.2, -0.15) is 18.3 Å². The molecule has 4 aliphatic heterocycles. The Balaban J connectivity index is 0.834. The largest absolute Gasteiger partial charge is 0.433 e. The maximum absolute atomic E-state index is 13.6. The Morgan fingerprint density at radius 2 is 1.56 bits per heavy atom. The molecule has 6 heterocycles. The SMILES string of the molecule is CC(C)(O)c1cc2nn(C3CCN(C4CCN(C(=O)[C@@H]5CCN(c6ccc(N7CCC(=O)NC7=O)cc6)C5)CC4)CC3)cc2cc1NC(=O)c1cccc(C(F)(F)F)n1. The van der Waals surface area contributed by atoms with Crippen LogP contribution in [0.4, 0.5) is 35.0 Å². The number of fused-ring (bicyclic) bond motifs is 1. The zero-order chi connectivity index (χ0) is 41.6. The Kier molecular flexibility index (Phi) is 10.8. The van der Waals surface area contributed by atoms with Crippen molar-refractivity contribution in [2.24, 2.45) is 5.92 Å².